The van der Waals surface area contributed by atoms with Gasteiger partial charge in [-0.05, 0) is 75.2 Å². The van der Waals surface area contributed by atoms with E-state index >= 15 is 0 Å². The lowest BCUT2D eigenvalue weighted by Crippen LogP contribution is -2.31. The summed E-state index contributed by atoms with van der Waals surface area (Å²) in [4.78, 5) is 2.38. The Balaban J connectivity index is 1.51. The Morgan fingerprint density at radius 1 is 0.654 bits per heavy atom. The van der Waals surface area contributed by atoms with Gasteiger partial charge in [0, 0.05) is 26.3 Å². The minimum absolute atomic E-state index is 0.689. The molecular weight excluding hydrogens is 667 g/mol. The highest BCUT2D eigenvalue weighted by molar-refractivity contribution is 7.99. The maximum absolute atomic E-state index is 4.79. The molecule has 5 aromatic carbocycles. The van der Waals surface area contributed by atoms with Crippen molar-refractivity contribution < 1.29 is 0 Å². The highest BCUT2D eigenvalue weighted by atomic mass is 32.2. The van der Waals surface area contributed by atoms with Crippen LogP contribution in [-0.2, 0) is 5.41 Å². The van der Waals surface area contributed by atoms with Crippen molar-refractivity contribution >= 4 is 52.3 Å². The quantitative estimate of drug-likeness (QED) is 0.104. The summed E-state index contributed by atoms with van der Waals surface area (Å²) in [7, 11) is 0. The zero-order valence-electron chi connectivity index (χ0n) is 28.9. The first-order chi connectivity index (χ1) is 25.6. The molecule has 1 aromatic heterocycles. The standard InChI is InChI=1S/C49H39NS2/c1-4-6-8-11-21-37-28-31-43-47(34-37)52-46-27-19-25-40(48(46)49(43,32-17-9-7-5-2)36(3)20-16-18-33-51)38-29-30-42-41-24-14-15-26-44(41)50(45(42)35-38)39-22-12-10-13-23-39/h4-35,51H,1-3H2/b8-6-,9-7-,20-16-,21-11?,32-17-,33-18-. The zero-order valence-corrected chi connectivity index (χ0v) is 30.6. The number of hydrogen-bond acceptors (Lipinski definition) is 2. The van der Waals surface area contributed by atoms with E-state index in [2.05, 4.69) is 164 Å². The van der Waals surface area contributed by atoms with Crippen LogP contribution in [0, 0.1) is 0 Å². The number of allylic oxidation sites excluding steroid dienone is 13. The Morgan fingerprint density at radius 3 is 2.23 bits per heavy atom. The van der Waals surface area contributed by atoms with E-state index < -0.39 is 5.41 Å². The molecule has 252 valence electrons. The minimum atomic E-state index is -0.689. The summed E-state index contributed by atoms with van der Waals surface area (Å²) in [6.45, 7) is 12.5. The number of thiol groups is 1. The van der Waals surface area contributed by atoms with Gasteiger partial charge in [-0.25, -0.2) is 0 Å². The average molecular weight is 706 g/mol. The van der Waals surface area contributed by atoms with Gasteiger partial charge in [-0.1, -0.05) is 183 Å². The predicted molar refractivity (Wildman–Crippen MR) is 231 cm³/mol. The predicted octanol–water partition coefficient (Wildman–Crippen LogP) is 13.8. The first kappa shape index (κ1) is 34.7. The highest BCUT2D eigenvalue weighted by Crippen LogP contribution is 2.56. The van der Waals surface area contributed by atoms with E-state index in [4.69, 9.17) is 6.58 Å². The van der Waals surface area contributed by atoms with E-state index in [-0.39, 0.29) is 0 Å². The van der Waals surface area contributed by atoms with Crippen LogP contribution >= 0.6 is 24.4 Å². The van der Waals surface area contributed by atoms with E-state index in [1.807, 2.05) is 54.3 Å². The number of aromatic nitrogens is 1. The highest BCUT2D eigenvalue weighted by Gasteiger charge is 2.42. The zero-order chi connectivity index (χ0) is 35.9. The van der Waals surface area contributed by atoms with Gasteiger partial charge in [0.05, 0.1) is 16.4 Å². The van der Waals surface area contributed by atoms with E-state index in [0.29, 0.717) is 0 Å². The molecule has 6 aromatic rings. The smallest absolute Gasteiger partial charge is 0.0657 e. The van der Waals surface area contributed by atoms with Crippen molar-refractivity contribution in [2.45, 2.75) is 15.2 Å². The van der Waals surface area contributed by atoms with Crippen LogP contribution in [0.25, 0.3) is 44.7 Å². The van der Waals surface area contributed by atoms with E-state index in [0.717, 1.165) is 28.0 Å². The molecule has 0 radical (unpaired) electrons. The lowest BCUT2D eigenvalue weighted by atomic mass is 9.66. The molecule has 0 saturated carbocycles. The fourth-order valence-electron chi connectivity index (χ4n) is 7.18. The van der Waals surface area contributed by atoms with Crippen molar-refractivity contribution in [1.82, 2.24) is 4.57 Å². The second kappa shape index (κ2) is 15.7. The number of fused-ring (bicyclic) bond motifs is 5. The summed E-state index contributed by atoms with van der Waals surface area (Å²) in [6.07, 6.45) is 26.2. The summed E-state index contributed by atoms with van der Waals surface area (Å²) in [5.41, 5.74) is 9.58. The summed E-state index contributed by atoms with van der Waals surface area (Å²) in [6, 6.07) is 39.6. The second-order valence-electron chi connectivity index (χ2n) is 12.4. The van der Waals surface area contributed by atoms with Gasteiger partial charge in [-0.2, -0.15) is 12.6 Å². The molecule has 0 aliphatic carbocycles. The molecule has 2 heterocycles. The van der Waals surface area contributed by atoms with Crippen LogP contribution in [0.2, 0.25) is 0 Å². The molecule has 1 atom stereocenters. The molecule has 3 heteroatoms. The van der Waals surface area contributed by atoms with Crippen molar-refractivity contribution in [3.8, 4) is 16.8 Å². The number of benzene rings is 5. The average Bonchev–Trinajstić information content (AvgIpc) is 3.51. The maximum Gasteiger partial charge on any atom is 0.0657 e. The van der Waals surface area contributed by atoms with Crippen LogP contribution in [0.3, 0.4) is 0 Å². The van der Waals surface area contributed by atoms with Gasteiger partial charge in [-0.15, -0.1) is 0 Å². The van der Waals surface area contributed by atoms with E-state index in [9.17, 15) is 0 Å². The topological polar surface area (TPSA) is 4.93 Å². The molecular formula is C49H39NS2. The fourth-order valence-corrected chi connectivity index (χ4v) is 8.57. The van der Waals surface area contributed by atoms with Crippen LogP contribution in [0.1, 0.15) is 16.7 Å². The van der Waals surface area contributed by atoms with Gasteiger partial charge in [0.15, 0.2) is 0 Å². The van der Waals surface area contributed by atoms with Gasteiger partial charge in [0.2, 0.25) is 0 Å². The number of nitrogens with zero attached hydrogens (tertiary/aromatic N) is 1. The van der Waals surface area contributed by atoms with Crippen molar-refractivity contribution in [1.29, 1.82) is 0 Å². The molecule has 0 bridgehead atoms. The lowest BCUT2D eigenvalue weighted by molar-refractivity contribution is 0.735. The Hall–Kier alpha value is -5.74. The van der Waals surface area contributed by atoms with Crippen LogP contribution < -0.4 is 0 Å². The van der Waals surface area contributed by atoms with Gasteiger partial charge < -0.3 is 4.57 Å². The minimum Gasteiger partial charge on any atom is -0.309 e. The summed E-state index contributed by atoms with van der Waals surface area (Å²) < 4.78 is 2.38. The first-order valence-electron chi connectivity index (χ1n) is 17.2. The SMILES string of the molecule is C=C/C=C\C=Cc1ccc2c(c1)Sc1cccc(-c3ccc4c5ccccc5n(-c5ccccc5)c4c3)c1C2(/C=C\C=C/C=C)C(=C)/C=C\C=C/S. The molecule has 0 amide bonds. The molecule has 0 fully saturated rings. The van der Waals surface area contributed by atoms with E-state index in [1.165, 1.54) is 42.7 Å². The van der Waals surface area contributed by atoms with E-state index in [1.54, 1.807) is 17.6 Å². The maximum atomic E-state index is 4.79. The molecule has 1 unspecified atom stereocenters. The second-order valence-corrected chi connectivity index (χ2v) is 13.8. The molecule has 52 heavy (non-hydrogen) atoms. The van der Waals surface area contributed by atoms with Crippen LogP contribution in [0.15, 0.2) is 223 Å². The third kappa shape index (κ3) is 6.46. The van der Waals surface area contributed by atoms with Crippen molar-refractivity contribution in [2.75, 3.05) is 0 Å². The third-order valence-corrected chi connectivity index (χ3v) is 10.7. The molecule has 0 saturated heterocycles. The number of rotatable bonds is 11. The molecule has 0 spiro atoms. The van der Waals surface area contributed by atoms with Gasteiger partial charge in [0.25, 0.3) is 0 Å². The Kier molecular flexibility index (Phi) is 10.4. The van der Waals surface area contributed by atoms with Crippen LogP contribution in [-0.4, -0.2) is 4.57 Å². The van der Waals surface area contributed by atoms with Crippen molar-refractivity contribution in [3.05, 3.63) is 230 Å². The molecule has 1 aliphatic rings. The van der Waals surface area contributed by atoms with Gasteiger partial charge >= 0.3 is 0 Å². The summed E-state index contributed by atoms with van der Waals surface area (Å²) in [5, 5.41) is 4.20. The third-order valence-electron chi connectivity index (χ3n) is 9.42. The molecule has 1 nitrogen and oxygen atoms in total. The summed E-state index contributed by atoms with van der Waals surface area (Å²) in [5.74, 6) is 0. The fraction of sp³-hybridized carbons (Fsp3) is 0.0204. The number of para-hydroxylation sites is 2. The monoisotopic (exact) mass is 705 g/mol. The number of hydrogen-bond donors (Lipinski definition) is 1. The Bertz CT molecular complexity index is 2500. The summed E-state index contributed by atoms with van der Waals surface area (Å²) >= 11 is 6.14. The van der Waals surface area contributed by atoms with Gasteiger partial charge in [0.1, 0.15) is 0 Å². The largest absolute Gasteiger partial charge is 0.309 e. The van der Waals surface area contributed by atoms with Crippen molar-refractivity contribution in [3.63, 3.8) is 0 Å². The molecule has 0 N–H and O–H groups in total. The first-order valence-corrected chi connectivity index (χ1v) is 18.6. The van der Waals surface area contributed by atoms with Gasteiger partial charge in [-0.3, -0.25) is 0 Å². The normalized spacial score (nSPS) is 15.9. The van der Waals surface area contributed by atoms with Crippen LogP contribution in [0.4, 0.5) is 0 Å². The Morgan fingerprint density at radius 2 is 1.42 bits per heavy atom. The lowest BCUT2D eigenvalue weighted by Gasteiger charge is -2.41. The van der Waals surface area contributed by atoms with Crippen LogP contribution in [0.5, 0.6) is 0 Å². The molecule has 7 rings (SSSR count). The Labute approximate surface area is 316 Å². The van der Waals surface area contributed by atoms with Crippen molar-refractivity contribution in [2.24, 2.45) is 0 Å². The molecule has 1 aliphatic heterocycles.